The molecular formula is C32H39FN2O6S. The number of hydrogen-bond acceptors (Lipinski definition) is 6. The number of halogens is 1. The SMILES string of the molecule is COCCOCCCOc1ccc(NS(=O)(=O)c2ccc3c(c2)CN(C(=O)Cc2ccc(C(C)(C)C)cc2)C3)c(F)c1. The molecule has 1 amide bonds. The third-order valence-corrected chi connectivity index (χ3v) is 8.42. The van der Waals surface area contributed by atoms with E-state index in [1.165, 1.54) is 23.8 Å². The van der Waals surface area contributed by atoms with E-state index in [0.717, 1.165) is 22.8 Å². The van der Waals surface area contributed by atoms with E-state index in [0.29, 0.717) is 51.7 Å². The van der Waals surface area contributed by atoms with Crippen LogP contribution in [-0.4, -0.2) is 52.8 Å². The molecule has 226 valence electrons. The van der Waals surface area contributed by atoms with Gasteiger partial charge in [-0.3, -0.25) is 9.52 Å². The fourth-order valence-corrected chi connectivity index (χ4v) is 5.71. The summed E-state index contributed by atoms with van der Waals surface area (Å²) in [6.45, 7) is 8.99. The van der Waals surface area contributed by atoms with Gasteiger partial charge in [-0.25, -0.2) is 12.8 Å². The normalized spacial score (nSPS) is 13.2. The van der Waals surface area contributed by atoms with Gasteiger partial charge in [0.15, 0.2) is 5.82 Å². The van der Waals surface area contributed by atoms with Gasteiger partial charge in [0.1, 0.15) is 5.75 Å². The number of carbonyl (C=O) groups is 1. The molecule has 0 bridgehead atoms. The van der Waals surface area contributed by atoms with E-state index in [9.17, 15) is 17.6 Å². The van der Waals surface area contributed by atoms with Gasteiger partial charge in [-0.15, -0.1) is 0 Å². The first-order valence-corrected chi connectivity index (χ1v) is 15.5. The summed E-state index contributed by atoms with van der Waals surface area (Å²) in [4.78, 5) is 14.7. The van der Waals surface area contributed by atoms with Crippen molar-refractivity contribution >= 4 is 21.6 Å². The van der Waals surface area contributed by atoms with Crippen molar-refractivity contribution < 1.29 is 31.8 Å². The molecule has 0 saturated heterocycles. The first-order chi connectivity index (χ1) is 20.0. The summed E-state index contributed by atoms with van der Waals surface area (Å²) in [5.41, 5.74) is 3.64. The van der Waals surface area contributed by atoms with Crippen LogP contribution in [0.1, 0.15) is 49.4 Å². The molecule has 1 aliphatic heterocycles. The van der Waals surface area contributed by atoms with Crippen molar-refractivity contribution in [1.29, 1.82) is 0 Å². The average Bonchev–Trinajstić information content (AvgIpc) is 3.38. The molecule has 4 rings (SSSR count). The second-order valence-corrected chi connectivity index (χ2v) is 13.0. The molecule has 0 unspecified atom stereocenters. The van der Waals surface area contributed by atoms with Crippen LogP contribution in [0.3, 0.4) is 0 Å². The smallest absolute Gasteiger partial charge is 0.261 e. The lowest BCUT2D eigenvalue weighted by molar-refractivity contribution is -0.131. The van der Waals surface area contributed by atoms with E-state index >= 15 is 0 Å². The second-order valence-electron chi connectivity index (χ2n) is 11.4. The third kappa shape index (κ3) is 8.30. The molecular weight excluding hydrogens is 559 g/mol. The first kappa shape index (κ1) is 31.5. The van der Waals surface area contributed by atoms with Crippen LogP contribution in [0.15, 0.2) is 65.6 Å². The Bertz CT molecular complexity index is 1490. The van der Waals surface area contributed by atoms with Crippen LogP contribution in [0.2, 0.25) is 0 Å². The van der Waals surface area contributed by atoms with E-state index in [1.807, 2.05) is 12.1 Å². The molecule has 0 fully saturated rings. The van der Waals surface area contributed by atoms with Crippen LogP contribution in [0.4, 0.5) is 10.1 Å². The summed E-state index contributed by atoms with van der Waals surface area (Å²) in [5.74, 6) is -0.485. The predicted octanol–water partition coefficient (Wildman–Crippen LogP) is 5.44. The maximum absolute atomic E-state index is 14.7. The highest BCUT2D eigenvalue weighted by molar-refractivity contribution is 7.92. The van der Waals surface area contributed by atoms with Crippen LogP contribution in [0.25, 0.3) is 0 Å². The number of fused-ring (bicyclic) bond motifs is 1. The van der Waals surface area contributed by atoms with Crippen LogP contribution < -0.4 is 9.46 Å². The van der Waals surface area contributed by atoms with Crippen LogP contribution in [0, 0.1) is 5.82 Å². The van der Waals surface area contributed by atoms with Crippen molar-refractivity contribution in [3.05, 3.63) is 88.7 Å². The lowest BCUT2D eigenvalue weighted by atomic mass is 9.86. The zero-order valence-electron chi connectivity index (χ0n) is 24.6. The maximum Gasteiger partial charge on any atom is 0.261 e. The number of nitrogens with one attached hydrogen (secondary N) is 1. The van der Waals surface area contributed by atoms with Crippen molar-refractivity contribution in [2.24, 2.45) is 0 Å². The highest BCUT2D eigenvalue weighted by Crippen LogP contribution is 2.29. The topological polar surface area (TPSA) is 94.2 Å². The molecule has 3 aromatic carbocycles. The Labute approximate surface area is 247 Å². The van der Waals surface area contributed by atoms with Crippen LogP contribution in [0.5, 0.6) is 5.75 Å². The minimum absolute atomic E-state index is 0.00141. The zero-order chi connectivity index (χ0) is 30.3. The van der Waals surface area contributed by atoms with Crippen molar-refractivity contribution in [3.8, 4) is 5.75 Å². The number of methoxy groups -OCH3 is 1. The van der Waals surface area contributed by atoms with Gasteiger partial charge < -0.3 is 19.1 Å². The Morgan fingerprint density at radius 1 is 0.929 bits per heavy atom. The van der Waals surface area contributed by atoms with E-state index in [-0.39, 0.29) is 28.3 Å². The Morgan fingerprint density at radius 2 is 1.67 bits per heavy atom. The van der Waals surface area contributed by atoms with E-state index in [4.69, 9.17) is 14.2 Å². The highest BCUT2D eigenvalue weighted by atomic mass is 32.2. The number of nitrogens with zero attached hydrogens (tertiary/aromatic N) is 1. The lowest BCUT2D eigenvalue weighted by Crippen LogP contribution is -2.26. The Kier molecular flexibility index (Phi) is 10.2. The van der Waals surface area contributed by atoms with Gasteiger partial charge in [-0.1, -0.05) is 51.1 Å². The summed E-state index contributed by atoms with van der Waals surface area (Å²) in [7, 11) is -2.47. The number of carbonyl (C=O) groups excluding carboxylic acids is 1. The maximum atomic E-state index is 14.7. The molecule has 3 aromatic rings. The molecule has 0 spiro atoms. The number of anilines is 1. The van der Waals surface area contributed by atoms with Crippen LogP contribution >= 0.6 is 0 Å². The molecule has 1 heterocycles. The Balaban J connectivity index is 1.33. The minimum Gasteiger partial charge on any atom is -0.493 e. The van der Waals surface area contributed by atoms with Crippen molar-refractivity contribution in [1.82, 2.24) is 4.90 Å². The van der Waals surface area contributed by atoms with Crippen molar-refractivity contribution in [2.75, 3.05) is 38.3 Å². The third-order valence-electron chi connectivity index (χ3n) is 7.06. The largest absolute Gasteiger partial charge is 0.493 e. The fourth-order valence-electron chi connectivity index (χ4n) is 4.59. The van der Waals surface area contributed by atoms with Crippen molar-refractivity contribution in [2.45, 2.75) is 57.0 Å². The first-order valence-electron chi connectivity index (χ1n) is 14.0. The van der Waals surface area contributed by atoms with Gasteiger partial charge in [0.2, 0.25) is 5.91 Å². The quantitative estimate of drug-likeness (QED) is 0.264. The fraction of sp³-hybridized carbons (Fsp3) is 0.406. The van der Waals surface area contributed by atoms with Crippen molar-refractivity contribution in [3.63, 3.8) is 0 Å². The number of rotatable bonds is 13. The predicted molar refractivity (Wildman–Crippen MR) is 160 cm³/mol. The number of amides is 1. The summed E-state index contributed by atoms with van der Waals surface area (Å²) < 4.78 is 59.1. The van der Waals surface area contributed by atoms with E-state index < -0.39 is 15.8 Å². The van der Waals surface area contributed by atoms with Gasteiger partial charge in [0, 0.05) is 39.3 Å². The summed E-state index contributed by atoms with van der Waals surface area (Å²) in [6, 6.07) is 16.8. The van der Waals surface area contributed by atoms with Crippen LogP contribution in [-0.2, 0) is 49.2 Å². The Morgan fingerprint density at radius 3 is 2.36 bits per heavy atom. The van der Waals surface area contributed by atoms with Gasteiger partial charge in [0.25, 0.3) is 10.0 Å². The number of hydrogen-bond donors (Lipinski definition) is 1. The molecule has 0 atom stereocenters. The second kappa shape index (κ2) is 13.7. The van der Waals surface area contributed by atoms with Gasteiger partial charge in [-0.2, -0.15) is 0 Å². The molecule has 1 N–H and O–H groups in total. The molecule has 0 radical (unpaired) electrons. The molecule has 1 aliphatic rings. The summed E-state index contributed by atoms with van der Waals surface area (Å²) in [5, 5.41) is 0. The molecule has 8 nitrogen and oxygen atoms in total. The highest BCUT2D eigenvalue weighted by Gasteiger charge is 2.26. The molecule has 10 heteroatoms. The lowest BCUT2D eigenvalue weighted by Gasteiger charge is -2.19. The van der Waals surface area contributed by atoms with Gasteiger partial charge in [0.05, 0.1) is 36.8 Å². The molecule has 0 aromatic heterocycles. The standard InChI is InChI=1S/C32H39FN2O6S/c1-32(2,3)26-9-6-23(7-10-26)18-31(36)35-21-24-8-12-28(19-25(24)22-35)42(37,38)34-30-13-11-27(20-29(30)33)41-15-5-14-40-17-16-39-4/h6-13,19-20,34H,5,14-18,21-22H2,1-4H3. The minimum atomic E-state index is -4.07. The Hall–Kier alpha value is -3.47. The molecule has 0 aliphatic carbocycles. The van der Waals surface area contributed by atoms with E-state index in [1.54, 1.807) is 24.1 Å². The molecule has 0 saturated carbocycles. The average molecular weight is 599 g/mol. The zero-order valence-corrected chi connectivity index (χ0v) is 25.4. The van der Waals surface area contributed by atoms with E-state index in [2.05, 4.69) is 37.6 Å². The summed E-state index contributed by atoms with van der Waals surface area (Å²) >= 11 is 0. The summed E-state index contributed by atoms with van der Waals surface area (Å²) in [6.07, 6.45) is 0.887. The monoisotopic (exact) mass is 598 g/mol. The molecule has 42 heavy (non-hydrogen) atoms. The van der Waals surface area contributed by atoms with Gasteiger partial charge in [-0.05, 0) is 51.9 Å². The number of ether oxygens (including phenoxy) is 3. The number of sulfonamides is 1. The number of benzene rings is 3. The van der Waals surface area contributed by atoms with Gasteiger partial charge >= 0.3 is 0 Å².